The van der Waals surface area contributed by atoms with Gasteiger partial charge in [0.2, 0.25) is 0 Å². The molecule has 0 bridgehead atoms. The largest absolute Gasteiger partial charge is 0.488 e. The number of ether oxygens (including phenoxy) is 3. The third kappa shape index (κ3) is 5.48. The minimum Gasteiger partial charge on any atom is -0.488 e. The molecule has 6 heteroatoms. The van der Waals surface area contributed by atoms with Crippen LogP contribution in [0.4, 0.5) is 0 Å². The second kappa shape index (κ2) is 9.27. The number of esters is 2. The predicted molar refractivity (Wildman–Crippen MR) is 113 cm³/mol. The normalized spacial score (nSPS) is 18.8. The Bertz CT molecular complexity index is 900. The third-order valence-electron chi connectivity index (χ3n) is 4.55. The van der Waals surface area contributed by atoms with E-state index in [0.717, 1.165) is 18.4 Å². The van der Waals surface area contributed by atoms with Crippen molar-refractivity contribution in [1.82, 2.24) is 0 Å². The second-order valence-electron chi connectivity index (χ2n) is 7.04. The van der Waals surface area contributed by atoms with Crippen molar-refractivity contribution in [2.24, 2.45) is 0 Å². The number of rotatable bonds is 7. The molecule has 0 aromatic heterocycles. The lowest BCUT2D eigenvalue weighted by molar-refractivity contribution is -0.230. The summed E-state index contributed by atoms with van der Waals surface area (Å²) < 4.78 is 17.3. The molecule has 1 aliphatic heterocycles. The molecule has 0 spiro atoms. The number of halogens is 1. The van der Waals surface area contributed by atoms with Crippen molar-refractivity contribution >= 4 is 33.9 Å². The Balaban J connectivity index is 1.71. The van der Waals surface area contributed by atoms with Crippen LogP contribution >= 0.6 is 15.9 Å². The van der Waals surface area contributed by atoms with Gasteiger partial charge in [0.05, 0.1) is 4.47 Å². The van der Waals surface area contributed by atoms with Crippen molar-refractivity contribution in [2.75, 3.05) is 0 Å². The van der Waals surface area contributed by atoms with E-state index in [-0.39, 0.29) is 5.57 Å². The molecule has 0 unspecified atom stereocenters. The fourth-order valence-corrected chi connectivity index (χ4v) is 3.46. The summed E-state index contributed by atoms with van der Waals surface area (Å²) in [4.78, 5) is 24.7. The van der Waals surface area contributed by atoms with Crippen LogP contribution in [0.25, 0.3) is 6.08 Å². The molecule has 0 radical (unpaired) electrons. The SMILES string of the molecule is CCCCC1(C)OC(=O)C(=Cc2ccc(OCc3ccccc3)c(Br)c2)C(=O)O1. The highest BCUT2D eigenvalue weighted by molar-refractivity contribution is 9.10. The minimum absolute atomic E-state index is 0.121. The summed E-state index contributed by atoms with van der Waals surface area (Å²) in [6.07, 6.45) is 3.66. The fourth-order valence-electron chi connectivity index (χ4n) is 2.95. The van der Waals surface area contributed by atoms with Gasteiger partial charge in [0, 0.05) is 13.3 Å². The first kappa shape index (κ1) is 21.1. The molecule has 2 aromatic carbocycles. The van der Waals surface area contributed by atoms with Crippen molar-refractivity contribution in [3.8, 4) is 5.75 Å². The van der Waals surface area contributed by atoms with Gasteiger partial charge in [-0.1, -0.05) is 49.7 Å². The molecule has 152 valence electrons. The van der Waals surface area contributed by atoms with Gasteiger partial charge in [0.1, 0.15) is 17.9 Å². The summed E-state index contributed by atoms with van der Waals surface area (Å²) in [5.41, 5.74) is 1.60. The molecule has 3 rings (SSSR count). The zero-order valence-electron chi connectivity index (χ0n) is 16.4. The fraction of sp³-hybridized carbons (Fsp3) is 0.304. The van der Waals surface area contributed by atoms with E-state index in [1.54, 1.807) is 25.1 Å². The van der Waals surface area contributed by atoms with Crippen molar-refractivity contribution in [2.45, 2.75) is 45.5 Å². The molecule has 0 aliphatic carbocycles. The number of carbonyl (C=O) groups is 2. The maximum absolute atomic E-state index is 12.4. The number of hydrogen-bond donors (Lipinski definition) is 0. The second-order valence-corrected chi connectivity index (χ2v) is 7.89. The van der Waals surface area contributed by atoms with Crippen LogP contribution in [-0.2, 0) is 25.7 Å². The summed E-state index contributed by atoms with van der Waals surface area (Å²) >= 11 is 3.48. The Kier molecular flexibility index (Phi) is 6.75. The van der Waals surface area contributed by atoms with E-state index in [2.05, 4.69) is 15.9 Å². The lowest BCUT2D eigenvalue weighted by Gasteiger charge is -2.33. The molecule has 0 N–H and O–H groups in total. The quantitative estimate of drug-likeness (QED) is 0.315. The molecule has 0 saturated carbocycles. The summed E-state index contributed by atoms with van der Waals surface area (Å²) in [5, 5.41) is 0. The molecule has 1 heterocycles. The van der Waals surface area contributed by atoms with E-state index in [1.165, 1.54) is 6.08 Å². The molecule has 1 saturated heterocycles. The Morgan fingerprint density at radius 1 is 1.07 bits per heavy atom. The van der Waals surface area contributed by atoms with Crippen LogP contribution in [0.15, 0.2) is 58.6 Å². The zero-order valence-corrected chi connectivity index (χ0v) is 18.0. The highest BCUT2D eigenvalue weighted by Crippen LogP contribution is 2.31. The van der Waals surface area contributed by atoms with Crippen LogP contribution in [0.2, 0.25) is 0 Å². The molecule has 29 heavy (non-hydrogen) atoms. The summed E-state index contributed by atoms with van der Waals surface area (Å²) in [6.45, 7) is 4.08. The van der Waals surface area contributed by atoms with Crippen molar-refractivity contribution in [3.05, 3.63) is 69.7 Å². The smallest absolute Gasteiger partial charge is 0.348 e. The number of benzene rings is 2. The van der Waals surface area contributed by atoms with Crippen LogP contribution in [0.1, 0.15) is 44.2 Å². The van der Waals surface area contributed by atoms with Gasteiger partial charge in [0.25, 0.3) is 5.79 Å². The van der Waals surface area contributed by atoms with E-state index in [0.29, 0.717) is 28.8 Å². The van der Waals surface area contributed by atoms with Gasteiger partial charge in [-0.05, 0) is 51.7 Å². The first-order valence-electron chi connectivity index (χ1n) is 9.55. The summed E-state index contributed by atoms with van der Waals surface area (Å²) in [5.74, 6) is -1.87. The van der Waals surface area contributed by atoms with Gasteiger partial charge in [-0.3, -0.25) is 0 Å². The minimum atomic E-state index is -1.20. The molecule has 0 amide bonds. The van der Waals surface area contributed by atoms with Crippen LogP contribution in [-0.4, -0.2) is 17.7 Å². The van der Waals surface area contributed by atoms with E-state index in [1.807, 2.05) is 37.3 Å². The average molecular weight is 459 g/mol. The van der Waals surface area contributed by atoms with Crippen molar-refractivity contribution in [1.29, 1.82) is 0 Å². The number of cyclic esters (lactones) is 2. The Morgan fingerprint density at radius 3 is 2.38 bits per heavy atom. The predicted octanol–water partition coefficient (Wildman–Crippen LogP) is 5.42. The van der Waals surface area contributed by atoms with E-state index in [9.17, 15) is 9.59 Å². The van der Waals surface area contributed by atoms with Gasteiger partial charge in [-0.2, -0.15) is 0 Å². The molecular weight excluding hydrogens is 436 g/mol. The summed E-state index contributed by atoms with van der Waals surface area (Å²) in [7, 11) is 0. The molecule has 5 nitrogen and oxygen atoms in total. The molecule has 2 aromatic rings. The molecule has 1 fully saturated rings. The lowest BCUT2D eigenvalue weighted by atomic mass is 10.1. The Labute approximate surface area is 178 Å². The van der Waals surface area contributed by atoms with Crippen molar-refractivity contribution < 1.29 is 23.8 Å². The van der Waals surface area contributed by atoms with Crippen LogP contribution in [0.5, 0.6) is 5.75 Å². The van der Waals surface area contributed by atoms with Crippen molar-refractivity contribution in [3.63, 3.8) is 0 Å². The number of unbranched alkanes of at least 4 members (excludes halogenated alkanes) is 1. The average Bonchev–Trinajstić information content (AvgIpc) is 2.69. The van der Waals surface area contributed by atoms with E-state index < -0.39 is 17.7 Å². The van der Waals surface area contributed by atoms with Crippen LogP contribution in [0, 0.1) is 0 Å². The Hall–Kier alpha value is -2.60. The Morgan fingerprint density at radius 2 is 1.76 bits per heavy atom. The standard InChI is InChI=1S/C23H23BrO5/c1-3-4-12-23(2)28-21(25)18(22(26)29-23)13-17-10-11-20(19(24)14-17)27-15-16-8-6-5-7-9-16/h5-11,13-14H,3-4,12,15H2,1-2H3. The monoisotopic (exact) mass is 458 g/mol. The zero-order chi connectivity index (χ0) is 20.9. The van der Waals surface area contributed by atoms with Gasteiger partial charge in [-0.25, -0.2) is 9.59 Å². The first-order chi connectivity index (χ1) is 13.9. The number of carbonyl (C=O) groups excluding carboxylic acids is 2. The van der Waals surface area contributed by atoms with E-state index >= 15 is 0 Å². The first-order valence-corrected chi connectivity index (χ1v) is 10.3. The van der Waals surface area contributed by atoms with Crippen LogP contribution in [0.3, 0.4) is 0 Å². The van der Waals surface area contributed by atoms with Gasteiger partial charge in [-0.15, -0.1) is 0 Å². The molecular formula is C23H23BrO5. The van der Waals surface area contributed by atoms with Gasteiger partial charge < -0.3 is 14.2 Å². The van der Waals surface area contributed by atoms with Gasteiger partial charge in [0.15, 0.2) is 0 Å². The topological polar surface area (TPSA) is 61.8 Å². The number of hydrogen-bond acceptors (Lipinski definition) is 5. The lowest BCUT2D eigenvalue weighted by Crippen LogP contribution is -2.44. The van der Waals surface area contributed by atoms with Crippen LogP contribution < -0.4 is 4.74 Å². The highest BCUT2D eigenvalue weighted by atomic mass is 79.9. The molecule has 0 atom stereocenters. The van der Waals surface area contributed by atoms with Gasteiger partial charge >= 0.3 is 11.9 Å². The highest BCUT2D eigenvalue weighted by Gasteiger charge is 2.41. The summed E-state index contributed by atoms with van der Waals surface area (Å²) in [6, 6.07) is 15.2. The molecule has 1 aliphatic rings. The maximum atomic E-state index is 12.4. The third-order valence-corrected chi connectivity index (χ3v) is 5.17. The maximum Gasteiger partial charge on any atom is 0.348 e. The van der Waals surface area contributed by atoms with E-state index in [4.69, 9.17) is 14.2 Å².